The summed E-state index contributed by atoms with van der Waals surface area (Å²) >= 11 is 0. The fourth-order valence-electron chi connectivity index (χ4n) is 2.17. The second kappa shape index (κ2) is 6.37. The molecule has 0 spiro atoms. The molecule has 2 rings (SSSR count). The van der Waals surface area contributed by atoms with E-state index in [-0.39, 0.29) is 11.9 Å². The summed E-state index contributed by atoms with van der Waals surface area (Å²) in [6, 6.07) is 9.97. The molecule has 1 N–H and O–H groups in total. The third-order valence-electron chi connectivity index (χ3n) is 3.38. The zero-order valence-electron chi connectivity index (χ0n) is 12.3. The molecule has 2 aromatic rings. The molecule has 0 fully saturated rings. The zero-order chi connectivity index (χ0) is 14.5. The molecule has 4 heteroatoms. The average Bonchev–Trinajstić information content (AvgIpc) is 2.80. The Bertz CT molecular complexity index is 575. The second-order valence-electron chi connectivity index (χ2n) is 4.96. The molecule has 1 atom stereocenters. The first-order valence-corrected chi connectivity index (χ1v) is 6.97. The predicted molar refractivity (Wildman–Crippen MR) is 79.3 cm³/mol. The fourth-order valence-corrected chi connectivity index (χ4v) is 2.17. The van der Waals surface area contributed by atoms with Crippen molar-refractivity contribution in [2.24, 2.45) is 0 Å². The maximum absolute atomic E-state index is 12.1. The van der Waals surface area contributed by atoms with E-state index >= 15 is 0 Å². The highest BCUT2D eigenvalue weighted by atomic mass is 16.2. The Morgan fingerprint density at radius 1 is 1.35 bits per heavy atom. The van der Waals surface area contributed by atoms with Crippen LogP contribution in [0.25, 0.3) is 0 Å². The first kappa shape index (κ1) is 14.3. The standard InChI is InChI=1S/C16H21N3O/c1-4-15-10-19(13(3)18-15)11-16(20)17-12(2)14-8-6-5-7-9-14/h5-10,12H,4,11H2,1-3H3,(H,17,20)/t12-/m1/s1. The number of benzene rings is 1. The van der Waals surface area contributed by atoms with Gasteiger partial charge in [-0.25, -0.2) is 4.98 Å². The van der Waals surface area contributed by atoms with Crippen LogP contribution in [0.15, 0.2) is 36.5 Å². The van der Waals surface area contributed by atoms with Crippen molar-refractivity contribution < 1.29 is 4.79 Å². The molecule has 20 heavy (non-hydrogen) atoms. The van der Waals surface area contributed by atoms with Crippen molar-refractivity contribution in [1.29, 1.82) is 0 Å². The van der Waals surface area contributed by atoms with E-state index < -0.39 is 0 Å². The number of amides is 1. The number of nitrogens with one attached hydrogen (secondary N) is 1. The summed E-state index contributed by atoms with van der Waals surface area (Å²) in [6.45, 7) is 6.29. The lowest BCUT2D eigenvalue weighted by molar-refractivity contribution is -0.122. The van der Waals surface area contributed by atoms with E-state index in [1.165, 1.54) is 0 Å². The van der Waals surface area contributed by atoms with Crippen molar-refractivity contribution in [3.63, 3.8) is 0 Å². The first-order chi connectivity index (χ1) is 9.60. The van der Waals surface area contributed by atoms with Gasteiger partial charge in [0.05, 0.1) is 11.7 Å². The van der Waals surface area contributed by atoms with Crippen LogP contribution < -0.4 is 5.32 Å². The molecule has 0 saturated heterocycles. The number of rotatable bonds is 5. The van der Waals surface area contributed by atoms with E-state index in [9.17, 15) is 4.79 Å². The molecule has 0 aliphatic heterocycles. The van der Waals surface area contributed by atoms with Gasteiger partial charge in [-0.05, 0) is 25.8 Å². The van der Waals surface area contributed by atoms with Crippen molar-refractivity contribution >= 4 is 5.91 Å². The number of nitrogens with zero attached hydrogens (tertiary/aromatic N) is 2. The molecule has 0 saturated carbocycles. The van der Waals surface area contributed by atoms with Crippen LogP contribution in [0.2, 0.25) is 0 Å². The largest absolute Gasteiger partial charge is 0.348 e. The number of aromatic nitrogens is 2. The summed E-state index contributed by atoms with van der Waals surface area (Å²) < 4.78 is 1.89. The molecular formula is C16H21N3O. The normalized spacial score (nSPS) is 12.2. The first-order valence-electron chi connectivity index (χ1n) is 6.97. The van der Waals surface area contributed by atoms with Gasteiger partial charge >= 0.3 is 0 Å². The summed E-state index contributed by atoms with van der Waals surface area (Å²) in [6.07, 6.45) is 2.83. The van der Waals surface area contributed by atoms with E-state index in [0.717, 1.165) is 23.5 Å². The highest BCUT2D eigenvalue weighted by Crippen LogP contribution is 2.11. The molecule has 0 aliphatic carbocycles. The van der Waals surface area contributed by atoms with Crippen molar-refractivity contribution in [2.45, 2.75) is 39.8 Å². The maximum atomic E-state index is 12.1. The lowest BCUT2D eigenvalue weighted by Gasteiger charge is -2.14. The van der Waals surface area contributed by atoms with Crippen LogP contribution >= 0.6 is 0 Å². The van der Waals surface area contributed by atoms with Crippen LogP contribution in [-0.2, 0) is 17.8 Å². The summed E-state index contributed by atoms with van der Waals surface area (Å²) in [5, 5.41) is 3.01. The van der Waals surface area contributed by atoms with E-state index in [4.69, 9.17) is 0 Å². The van der Waals surface area contributed by atoms with Gasteiger partial charge in [-0.15, -0.1) is 0 Å². The average molecular weight is 271 g/mol. The molecule has 0 aliphatic rings. The number of carbonyl (C=O) groups is 1. The van der Waals surface area contributed by atoms with E-state index in [2.05, 4.69) is 17.2 Å². The minimum absolute atomic E-state index is 0.00417. The third kappa shape index (κ3) is 3.47. The number of hydrogen-bond donors (Lipinski definition) is 1. The third-order valence-corrected chi connectivity index (χ3v) is 3.38. The minimum Gasteiger partial charge on any atom is -0.348 e. The molecule has 1 aromatic carbocycles. The molecule has 1 aromatic heterocycles. The van der Waals surface area contributed by atoms with Crippen LogP contribution in [0.3, 0.4) is 0 Å². The van der Waals surface area contributed by atoms with Gasteiger partial charge in [0.2, 0.25) is 5.91 Å². The van der Waals surface area contributed by atoms with Crippen molar-refractivity contribution in [3.05, 3.63) is 53.6 Å². The lowest BCUT2D eigenvalue weighted by Crippen LogP contribution is -2.30. The van der Waals surface area contributed by atoms with Gasteiger partial charge in [-0.1, -0.05) is 37.3 Å². The van der Waals surface area contributed by atoms with Gasteiger partial charge in [0.25, 0.3) is 0 Å². The Balaban J connectivity index is 1.97. The Labute approximate surface area is 119 Å². The van der Waals surface area contributed by atoms with Crippen LogP contribution in [-0.4, -0.2) is 15.5 Å². The highest BCUT2D eigenvalue weighted by Gasteiger charge is 2.11. The Morgan fingerprint density at radius 3 is 2.65 bits per heavy atom. The fraction of sp³-hybridized carbons (Fsp3) is 0.375. The number of imidazole rings is 1. The molecule has 106 valence electrons. The highest BCUT2D eigenvalue weighted by molar-refractivity contribution is 5.76. The SMILES string of the molecule is CCc1cn(CC(=O)N[C@H](C)c2ccccc2)c(C)n1. The van der Waals surface area contributed by atoms with Gasteiger partial charge in [0.1, 0.15) is 12.4 Å². The van der Waals surface area contributed by atoms with Crippen LogP contribution in [0, 0.1) is 6.92 Å². The summed E-state index contributed by atoms with van der Waals surface area (Å²) in [4.78, 5) is 16.5. The zero-order valence-corrected chi connectivity index (χ0v) is 12.3. The van der Waals surface area contributed by atoms with Gasteiger partial charge in [-0.2, -0.15) is 0 Å². The topological polar surface area (TPSA) is 46.9 Å². The Kier molecular flexibility index (Phi) is 4.56. The summed E-state index contributed by atoms with van der Waals surface area (Å²) in [5.74, 6) is 0.883. The Morgan fingerprint density at radius 2 is 2.05 bits per heavy atom. The molecule has 1 amide bonds. The maximum Gasteiger partial charge on any atom is 0.240 e. The predicted octanol–water partition coefficient (Wildman–Crippen LogP) is 2.63. The number of hydrogen-bond acceptors (Lipinski definition) is 2. The minimum atomic E-state index is 0.00417. The molecule has 1 heterocycles. The van der Waals surface area contributed by atoms with Crippen LogP contribution in [0.4, 0.5) is 0 Å². The molecule has 0 unspecified atom stereocenters. The summed E-state index contributed by atoms with van der Waals surface area (Å²) in [7, 11) is 0. The van der Waals surface area contributed by atoms with Gasteiger partial charge in [0.15, 0.2) is 0 Å². The monoisotopic (exact) mass is 271 g/mol. The van der Waals surface area contributed by atoms with E-state index in [1.807, 2.05) is 54.9 Å². The molecule has 0 radical (unpaired) electrons. The second-order valence-corrected chi connectivity index (χ2v) is 4.96. The molecule has 4 nitrogen and oxygen atoms in total. The van der Waals surface area contributed by atoms with Crippen molar-refractivity contribution in [1.82, 2.24) is 14.9 Å². The van der Waals surface area contributed by atoms with Crippen molar-refractivity contribution in [3.8, 4) is 0 Å². The van der Waals surface area contributed by atoms with Crippen molar-refractivity contribution in [2.75, 3.05) is 0 Å². The van der Waals surface area contributed by atoms with E-state index in [0.29, 0.717) is 6.54 Å². The Hall–Kier alpha value is -2.10. The van der Waals surface area contributed by atoms with Crippen LogP contribution in [0.5, 0.6) is 0 Å². The summed E-state index contributed by atoms with van der Waals surface area (Å²) in [5.41, 5.74) is 2.13. The number of aryl methyl sites for hydroxylation is 2. The van der Waals surface area contributed by atoms with Gasteiger partial charge in [-0.3, -0.25) is 4.79 Å². The van der Waals surface area contributed by atoms with Crippen LogP contribution in [0.1, 0.15) is 37.0 Å². The number of carbonyl (C=O) groups excluding carboxylic acids is 1. The molecular weight excluding hydrogens is 250 g/mol. The quantitative estimate of drug-likeness (QED) is 0.908. The van der Waals surface area contributed by atoms with Gasteiger partial charge < -0.3 is 9.88 Å². The lowest BCUT2D eigenvalue weighted by atomic mass is 10.1. The van der Waals surface area contributed by atoms with Gasteiger partial charge in [0, 0.05) is 6.20 Å². The molecule has 0 bridgehead atoms. The van der Waals surface area contributed by atoms with E-state index in [1.54, 1.807) is 0 Å². The smallest absolute Gasteiger partial charge is 0.240 e.